The summed E-state index contributed by atoms with van der Waals surface area (Å²) in [6, 6.07) is -0.415. The van der Waals surface area contributed by atoms with Gasteiger partial charge in [-0.2, -0.15) is 0 Å². The third kappa shape index (κ3) is 3.44. The lowest BCUT2D eigenvalue weighted by atomic mass is 10.0. The molecule has 0 aromatic carbocycles. The minimum Gasteiger partial charge on any atom is -0.480 e. The number of carbonyl (C=O) groups is 2. The summed E-state index contributed by atoms with van der Waals surface area (Å²) in [6.07, 6.45) is 1.36. The number of nitrogens with zero attached hydrogens (tertiary/aromatic N) is 1. The van der Waals surface area contributed by atoms with E-state index in [1.807, 2.05) is 0 Å². The summed E-state index contributed by atoms with van der Waals surface area (Å²) in [5.74, 6) is 0.137. The Kier molecular flexibility index (Phi) is 4.72. The number of amides is 2. The minimum atomic E-state index is -1.25. The van der Waals surface area contributed by atoms with Crippen molar-refractivity contribution in [3.63, 3.8) is 0 Å². The summed E-state index contributed by atoms with van der Waals surface area (Å²) < 4.78 is 11.2. The smallest absolute Gasteiger partial charge is 0.329 e. The number of carboxylic acid groups (broad SMARTS) is 1. The lowest BCUT2D eigenvalue weighted by Crippen LogP contribution is -2.56. The highest BCUT2D eigenvalue weighted by molar-refractivity contribution is 7.85. The number of urea groups is 1. The van der Waals surface area contributed by atoms with Crippen LogP contribution in [0.4, 0.5) is 4.79 Å². The maximum absolute atomic E-state index is 11.9. The molecule has 0 aromatic heterocycles. The van der Waals surface area contributed by atoms with E-state index in [9.17, 15) is 13.8 Å². The van der Waals surface area contributed by atoms with Crippen LogP contribution in [-0.4, -0.2) is 56.3 Å². The lowest BCUT2D eigenvalue weighted by Gasteiger charge is -2.33. The number of rotatable bonds is 3. The minimum absolute atomic E-state index is 0.0118. The van der Waals surface area contributed by atoms with Gasteiger partial charge in [0.05, 0.1) is 0 Å². The zero-order valence-electron chi connectivity index (χ0n) is 10.9. The van der Waals surface area contributed by atoms with Gasteiger partial charge in [-0.3, -0.25) is 4.21 Å². The van der Waals surface area contributed by atoms with E-state index in [0.29, 0.717) is 24.3 Å². The van der Waals surface area contributed by atoms with Gasteiger partial charge in [-0.05, 0) is 26.7 Å². The molecule has 2 N–H and O–H groups in total. The average molecular weight is 276 g/mol. The zero-order valence-corrected chi connectivity index (χ0v) is 11.7. The van der Waals surface area contributed by atoms with Crippen LogP contribution in [0.5, 0.6) is 0 Å². The molecule has 0 aromatic rings. The quantitative estimate of drug-likeness (QED) is 0.781. The van der Waals surface area contributed by atoms with Crippen LogP contribution < -0.4 is 5.32 Å². The predicted molar refractivity (Wildman–Crippen MR) is 68.9 cm³/mol. The van der Waals surface area contributed by atoms with Crippen LogP contribution in [0.25, 0.3) is 0 Å². The summed E-state index contributed by atoms with van der Waals surface area (Å²) in [7, 11) is 0.693. The van der Waals surface area contributed by atoms with Crippen molar-refractivity contribution < 1.29 is 18.9 Å². The molecule has 18 heavy (non-hydrogen) atoms. The number of hydrogen-bond acceptors (Lipinski definition) is 3. The maximum Gasteiger partial charge on any atom is 0.329 e. The Balaban J connectivity index is 2.55. The molecule has 0 spiro atoms. The molecule has 104 valence electrons. The highest BCUT2D eigenvalue weighted by Crippen LogP contribution is 2.14. The molecule has 0 bridgehead atoms. The fourth-order valence-electron chi connectivity index (χ4n) is 1.61. The lowest BCUT2D eigenvalue weighted by molar-refractivity contribution is -0.146. The van der Waals surface area contributed by atoms with Gasteiger partial charge < -0.3 is 15.3 Å². The maximum atomic E-state index is 11.9. The topological polar surface area (TPSA) is 86.7 Å². The Hall–Kier alpha value is -1.11. The van der Waals surface area contributed by atoms with Crippen LogP contribution in [0.2, 0.25) is 0 Å². The SMILES string of the molecule is CN(C(=O)NC1CCS(=O)CC1)C(C)(C)C(=O)O. The van der Waals surface area contributed by atoms with Crippen LogP contribution in [0.3, 0.4) is 0 Å². The van der Waals surface area contributed by atoms with Gasteiger partial charge in [-0.25, -0.2) is 9.59 Å². The van der Waals surface area contributed by atoms with Gasteiger partial charge in [-0.15, -0.1) is 0 Å². The molecular weight excluding hydrogens is 256 g/mol. The molecule has 1 saturated heterocycles. The second-order valence-corrected chi connectivity index (χ2v) is 6.69. The van der Waals surface area contributed by atoms with E-state index < -0.39 is 28.3 Å². The van der Waals surface area contributed by atoms with Gasteiger partial charge >= 0.3 is 12.0 Å². The van der Waals surface area contributed by atoms with Gasteiger partial charge in [0.25, 0.3) is 0 Å². The summed E-state index contributed by atoms with van der Waals surface area (Å²) in [4.78, 5) is 24.1. The van der Waals surface area contributed by atoms with E-state index >= 15 is 0 Å². The first-order valence-corrected chi connectivity index (χ1v) is 7.36. The van der Waals surface area contributed by atoms with Crippen LogP contribution in [0.15, 0.2) is 0 Å². The van der Waals surface area contributed by atoms with Gasteiger partial charge in [0.15, 0.2) is 0 Å². The van der Waals surface area contributed by atoms with E-state index in [0.717, 1.165) is 0 Å². The van der Waals surface area contributed by atoms with Crippen molar-refractivity contribution in [2.24, 2.45) is 0 Å². The van der Waals surface area contributed by atoms with E-state index in [1.54, 1.807) is 0 Å². The summed E-state index contributed by atoms with van der Waals surface area (Å²) in [6.45, 7) is 2.95. The Labute approximate surface area is 109 Å². The van der Waals surface area contributed by atoms with E-state index in [-0.39, 0.29) is 6.04 Å². The van der Waals surface area contributed by atoms with Gasteiger partial charge in [-0.1, -0.05) is 0 Å². The fourth-order valence-corrected chi connectivity index (χ4v) is 2.91. The van der Waals surface area contributed by atoms with Crippen LogP contribution in [0.1, 0.15) is 26.7 Å². The van der Waals surface area contributed by atoms with Crippen LogP contribution >= 0.6 is 0 Å². The number of carbonyl (C=O) groups excluding carboxylic acids is 1. The van der Waals surface area contributed by atoms with E-state index in [2.05, 4.69) is 5.32 Å². The Bertz CT molecular complexity index is 360. The van der Waals surface area contributed by atoms with Crippen molar-refractivity contribution in [3.05, 3.63) is 0 Å². The first-order chi connectivity index (χ1) is 8.25. The largest absolute Gasteiger partial charge is 0.480 e. The third-order valence-electron chi connectivity index (χ3n) is 3.38. The molecule has 0 saturated carbocycles. The number of nitrogens with one attached hydrogen (secondary N) is 1. The van der Waals surface area contributed by atoms with Gasteiger partial charge in [0, 0.05) is 35.4 Å². The summed E-state index contributed by atoms with van der Waals surface area (Å²) in [5.41, 5.74) is -1.25. The Morgan fingerprint density at radius 2 is 1.83 bits per heavy atom. The van der Waals surface area contributed by atoms with Crippen molar-refractivity contribution >= 4 is 22.8 Å². The molecule has 7 heteroatoms. The molecule has 0 unspecified atom stereocenters. The molecule has 1 rings (SSSR count). The molecule has 1 aliphatic rings. The highest BCUT2D eigenvalue weighted by Gasteiger charge is 2.36. The summed E-state index contributed by atoms with van der Waals surface area (Å²) >= 11 is 0. The van der Waals surface area contributed by atoms with Crippen molar-refractivity contribution in [3.8, 4) is 0 Å². The van der Waals surface area contributed by atoms with Crippen molar-refractivity contribution in [2.75, 3.05) is 18.6 Å². The highest BCUT2D eigenvalue weighted by atomic mass is 32.2. The number of carboxylic acids is 1. The molecule has 6 nitrogen and oxygen atoms in total. The zero-order chi connectivity index (χ0) is 13.9. The first kappa shape index (κ1) is 14.9. The van der Waals surface area contributed by atoms with E-state index in [1.165, 1.54) is 25.8 Å². The fraction of sp³-hybridized carbons (Fsp3) is 0.818. The van der Waals surface area contributed by atoms with Crippen molar-refractivity contribution in [1.29, 1.82) is 0 Å². The van der Waals surface area contributed by atoms with Crippen molar-refractivity contribution in [2.45, 2.75) is 38.3 Å². The second-order valence-electron chi connectivity index (χ2n) is 5.00. The van der Waals surface area contributed by atoms with E-state index in [4.69, 9.17) is 5.11 Å². The van der Waals surface area contributed by atoms with Gasteiger partial charge in [0.1, 0.15) is 5.54 Å². The molecular formula is C11H20N2O4S. The summed E-state index contributed by atoms with van der Waals surface area (Å²) in [5, 5.41) is 11.8. The Morgan fingerprint density at radius 3 is 2.28 bits per heavy atom. The first-order valence-electron chi connectivity index (χ1n) is 5.88. The molecule has 1 aliphatic heterocycles. The number of hydrogen-bond donors (Lipinski definition) is 2. The molecule has 1 fully saturated rings. The molecule has 2 amide bonds. The van der Waals surface area contributed by atoms with Gasteiger partial charge in [0.2, 0.25) is 0 Å². The predicted octanol–water partition coefficient (Wildman–Crippen LogP) is 0.402. The van der Waals surface area contributed by atoms with Crippen LogP contribution in [-0.2, 0) is 15.6 Å². The normalized spacial score (nSPS) is 24.4. The standard InChI is InChI=1S/C11H20N2O4S/c1-11(2,9(14)15)13(3)10(16)12-8-4-6-18(17)7-5-8/h8H,4-7H2,1-3H3,(H,12,16)(H,14,15). The molecule has 0 radical (unpaired) electrons. The Morgan fingerprint density at radius 1 is 1.33 bits per heavy atom. The number of aliphatic carboxylic acids is 1. The van der Waals surface area contributed by atoms with Crippen LogP contribution in [0, 0.1) is 0 Å². The third-order valence-corrected chi connectivity index (χ3v) is 4.76. The number of likely N-dealkylation sites (N-methyl/N-ethyl adjacent to an activating group) is 1. The second kappa shape index (κ2) is 5.69. The monoisotopic (exact) mass is 276 g/mol. The van der Waals surface area contributed by atoms with Crippen molar-refractivity contribution in [1.82, 2.24) is 10.2 Å². The average Bonchev–Trinajstić information content (AvgIpc) is 2.30. The molecule has 0 aliphatic carbocycles. The molecule has 0 atom stereocenters. The molecule has 1 heterocycles.